The summed E-state index contributed by atoms with van der Waals surface area (Å²) >= 11 is 0. The zero-order valence-electron chi connectivity index (χ0n) is 15.1. The normalized spacial score (nSPS) is 11.2. The zero-order chi connectivity index (χ0) is 17.6. The second-order valence-corrected chi connectivity index (χ2v) is 7.44. The van der Waals surface area contributed by atoms with Gasteiger partial charge in [0, 0.05) is 13.0 Å². The van der Waals surface area contributed by atoms with Crippen LogP contribution in [-0.4, -0.2) is 5.91 Å². The minimum Gasteiger partial charge on any atom is -0.489 e. The summed E-state index contributed by atoms with van der Waals surface area (Å²) in [6.45, 7) is 9.37. The number of hydrogen-bond donors (Lipinski definition) is 1. The van der Waals surface area contributed by atoms with Crippen molar-refractivity contribution < 1.29 is 9.53 Å². The smallest absolute Gasteiger partial charge is 0.220 e. The van der Waals surface area contributed by atoms with Crippen LogP contribution in [0.5, 0.6) is 5.75 Å². The molecule has 2 rings (SSSR count). The number of benzene rings is 2. The summed E-state index contributed by atoms with van der Waals surface area (Å²) in [5.41, 5.74) is 3.48. The molecule has 0 bridgehead atoms. The van der Waals surface area contributed by atoms with Crippen LogP contribution in [0.4, 0.5) is 0 Å². The fourth-order valence-corrected chi connectivity index (χ4v) is 2.42. The van der Waals surface area contributed by atoms with E-state index in [-0.39, 0.29) is 11.3 Å². The van der Waals surface area contributed by atoms with E-state index in [4.69, 9.17) is 4.74 Å². The Morgan fingerprint density at radius 3 is 2.38 bits per heavy atom. The standard InChI is InChI=1S/C21H27NO2/c1-16-6-5-7-18(12-16)15-24-19-10-8-17(9-11-19)14-22-20(23)13-21(2,3)4/h5-12H,13-15H2,1-4H3,(H,22,23). The first-order valence-corrected chi connectivity index (χ1v) is 8.36. The molecular formula is C21H27NO2. The molecule has 0 saturated carbocycles. The van der Waals surface area contributed by atoms with Gasteiger partial charge in [0.1, 0.15) is 12.4 Å². The topological polar surface area (TPSA) is 38.3 Å². The molecule has 0 spiro atoms. The molecular weight excluding hydrogens is 298 g/mol. The Balaban J connectivity index is 1.81. The van der Waals surface area contributed by atoms with Crippen molar-refractivity contribution in [1.29, 1.82) is 0 Å². The van der Waals surface area contributed by atoms with E-state index in [1.54, 1.807) is 0 Å². The Hall–Kier alpha value is -2.29. The third kappa shape index (κ3) is 6.45. The van der Waals surface area contributed by atoms with E-state index in [1.165, 1.54) is 5.56 Å². The molecule has 1 N–H and O–H groups in total. The molecule has 0 saturated heterocycles. The van der Waals surface area contributed by atoms with E-state index < -0.39 is 0 Å². The Bertz CT molecular complexity index is 669. The number of carbonyl (C=O) groups is 1. The van der Waals surface area contributed by atoms with Gasteiger partial charge in [0.25, 0.3) is 0 Å². The van der Waals surface area contributed by atoms with Gasteiger partial charge in [-0.05, 0) is 35.6 Å². The SMILES string of the molecule is Cc1cccc(COc2ccc(CNC(=O)CC(C)(C)C)cc2)c1. The van der Waals surface area contributed by atoms with E-state index in [1.807, 2.05) is 30.3 Å². The molecule has 0 unspecified atom stereocenters. The summed E-state index contributed by atoms with van der Waals surface area (Å²) in [6.07, 6.45) is 0.532. The van der Waals surface area contributed by atoms with Crippen molar-refractivity contribution in [2.45, 2.75) is 47.3 Å². The first kappa shape index (κ1) is 18.1. The molecule has 0 fully saturated rings. The van der Waals surface area contributed by atoms with Crippen LogP contribution in [-0.2, 0) is 17.9 Å². The van der Waals surface area contributed by atoms with Gasteiger partial charge in [-0.25, -0.2) is 0 Å². The quantitative estimate of drug-likeness (QED) is 0.841. The summed E-state index contributed by atoms with van der Waals surface area (Å²) < 4.78 is 5.81. The minimum absolute atomic E-state index is 0.0115. The van der Waals surface area contributed by atoms with Gasteiger partial charge in [0.2, 0.25) is 5.91 Å². The molecule has 128 valence electrons. The van der Waals surface area contributed by atoms with Crippen LogP contribution in [0.25, 0.3) is 0 Å². The molecule has 24 heavy (non-hydrogen) atoms. The highest BCUT2D eigenvalue weighted by atomic mass is 16.5. The third-order valence-corrected chi connectivity index (χ3v) is 3.59. The van der Waals surface area contributed by atoms with Crippen molar-refractivity contribution in [3.63, 3.8) is 0 Å². The van der Waals surface area contributed by atoms with Crippen LogP contribution in [0.2, 0.25) is 0 Å². The highest BCUT2D eigenvalue weighted by Gasteiger charge is 2.15. The first-order valence-electron chi connectivity index (χ1n) is 8.36. The lowest BCUT2D eigenvalue weighted by atomic mass is 9.92. The van der Waals surface area contributed by atoms with Gasteiger partial charge >= 0.3 is 0 Å². The maximum atomic E-state index is 11.8. The summed E-state index contributed by atoms with van der Waals surface area (Å²) in [5.74, 6) is 0.920. The van der Waals surface area contributed by atoms with Crippen molar-refractivity contribution >= 4 is 5.91 Å². The van der Waals surface area contributed by atoms with Gasteiger partial charge in [-0.1, -0.05) is 62.7 Å². The van der Waals surface area contributed by atoms with Gasteiger partial charge in [0.05, 0.1) is 0 Å². The number of rotatable bonds is 6. The molecule has 1 amide bonds. The van der Waals surface area contributed by atoms with Crippen LogP contribution >= 0.6 is 0 Å². The largest absolute Gasteiger partial charge is 0.489 e. The lowest BCUT2D eigenvalue weighted by Gasteiger charge is -2.17. The molecule has 3 nitrogen and oxygen atoms in total. The van der Waals surface area contributed by atoms with Gasteiger partial charge in [-0.15, -0.1) is 0 Å². The lowest BCUT2D eigenvalue weighted by Crippen LogP contribution is -2.27. The molecule has 3 heteroatoms. The summed E-state index contributed by atoms with van der Waals surface area (Å²) in [6, 6.07) is 16.2. The van der Waals surface area contributed by atoms with Crippen LogP contribution in [0.15, 0.2) is 48.5 Å². The molecule has 0 radical (unpaired) electrons. The Labute approximate surface area is 145 Å². The van der Waals surface area contributed by atoms with Gasteiger partial charge in [0.15, 0.2) is 0 Å². The first-order chi connectivity index (χ1) is 11.3. The van der Waals surface area contributed by atoms with E-state index in [0.29, 0.717) is 19.6 Å². The number of ether oxygens (including phenoxy) is 1. The number of hydrogen-bond acceptors (Lipinski definition) is 2. The fraction of sp³-hybridized carbons (Fsp3) is 0.381. The monoisotopic (exact) mass is 325 g/mol. The number of aryl methyl sites for hydroxylation is 1. The average Bonchev–Trinajstić information content (AvgIpc) is 2.50. The van der Waals surface area contributed by atoms with E-state index in [2.05, 4.69) is 51.2 Å². The van der Waals surface area contributed by atoms with Crippen molar-refractivity contribution in [3.8, 4) is 5.75 Å². The maximum Gasteiger partial charge on any atom is 0.220 e. The molecule has 0 aliphatic carbocycles. The van der Waals surface area contributed by atoms with Crippen molar-refractivity contribution in [3.05, 3.63) is 65.2 Å². The zero-order valence-corrected chi connectivity index (χ0v) is 15.1. The van der Waals surface area contributed by atoms with Gasteiger partial charge < -0.3 is 10.1 Å². The Kier molecular flexibility index (Phi) is 6.02. The number of nitrogens with one attached hydrogen (secondary N) is 1. The van der Waals surface area contributed by atoms with Crippen molar-refractivity contribution in [1.82, 2.24) is 5.32 Å². The molecule has 2 aromatic rings. The van der Waals surface area contributed by atoms with E-state index in [0.717, 1.165) is 16.9 Å². The minimum atomic E-state index is 0.0115. The second kappa shape index (κ2) is 8.00. The third-order valence-electron chi connectivity index (χ3n) is 3.59. The predicted molar refractivity (Wildman–Crippen MR) is 97.9 cm³/mol. The average molecular weight is 325 g/mol. The molecule has 0 aliphatic heterocycles. The summed E-state index contributed by atoms with van der Waals surface area (Å²) in [7, 11) is 0. The highest BCUT2D eigenvalue weighted by Crippen LogP contribution is 2.18. The van der Waals surface area contributed by atoms with Gasteiger partial charge in [-0.2, -0.15) is 0 Å². The number of carbonyl (C=O) groups excluding carboxylic acids is 1. The van der Waals surface area contributed by atoms with Crippen LogP contribution in [0.3, 0.4) is 0 Å². The van der Waals surface area contributed by atoms with Crippen molar-refractivity contribution in [2.75, 3.05) is 0 Å². The second-order valence-electron chi connectivity index (χ2n) is 7.44. The fourth-order valence-electron chi connectivity index (χ4n) is 2.42. The van der Waals surface area contributed by atoms with Gasteiger partial charge in [-0.3, -0.25) is 4.79 Å². The molecule has 2 aromatic carbocycles. The Morgan fingerprint density at radius 2 is 1.75 bits per heavy atom. The number of amides is 1. The van der Waals surface area contributed by atoms with Crippen LogP contribution in [0.1, 0.15) is 43.9 Å². The molecule has 0 heterocycles. The van der Waals surface area contributed by atoms with Crippen molar-refractivity contribution in [2.24, 2.45) is 5.41 Å². The summed E-state index contributed by atoms with van der Waals surface area (Å²) in [4.78, 5) is 11.8. The predicted octanol–water partition coefficient (Wildman–Crippen LogP) is 4.63. The maximum absolute atomic E-state index is 11.8. The van der Waals surface area contributed by atoms with E-state index >= 15 is 0 Å². The van der Waals surface area contributed by atoms with Crippen LogP contribution in [0, 0.1) is 12.3 Å². The van der Waals surface area contributed by atoms with Crippen LogP contribution < -0.4 is 10.1 Å². The van der Waals surface area contributed by atoms with E-state index in [9.17, 15) is 4.79 Å². The Morgan fingerprint density at radius 1 is 1.04 bits per heavy atom. The molecule has 0 atom stereocenters. The lowest BCUT2D eigenvalue weighted by molar-refractivity contribution is -0.122. The highest BCUT2D eigenvalue weighted by molar-refractivity contribution is 5.76. The summed E-state index contributed by atoms with van der Waals surface area (Å²) in [5, 5.41) is 2.96. The molecule has 0 aromatic heterocycles. The molecule has 0 aliphatic rings.